The lowest BCUT2D eigenvalue weighted by atomic mass is 10.1. The molecular formula is C24H18ClFN2O2. The maximum Gasteiger partial charge on any atom is 0.266 e. The number of nitriles is 1. The van der Waals surface area contributed by atoms with Crippen LogP contribution < -0.4 is 10.1 Å². The van der Waals surface area contributed by atoms with E-state index in [-0.39, 0.29) is 18.0 Å². The second-order valence-corrected chi connectivity index (χ2v) is 6.90. The Kier molecular flexibility index (Phi) is 6.84. The van der Waals surface area contributed by atoms with Crippen molar-refractivity contribution in [3.63, 3.8) is 0 Å². The number of nitrogens with one attached hydrogen (secondary N) is 1. The van der Waals surface area contributed by atoms with E-state index in [0.29, 0.717) is 33.1 Å². The van der Waals surface area contributed by atoms with E-state index in [4.69, 9.17) is 16.3 Å². The Labute approximate surface area is 179 Å². The van der Waals surface area contributed by atoms with Gasteiger partial charge in [0.05, 0.1) is 0 Å². The molecule has 0 bridgehead atoms. The van der Waals surface area contributed by atoms with Crippen molar-refractivity contribution in [2.75, 3.05) is 5.32 Å². The largest absolute Gasteiger partial charge is 0.489 e. The molecule has 3 aromatic carbocycles. The van der Waals surface area contributed by atoms with Gasteiger partial charge in [-0.3, -0.25) is 4.79 Å². The highest BCUT2D eigenvalue weighted by Gasteiger charge is 2.12. The molecule has 0 atom stereocenters. The van der Waals surface area contributed by atoms with Gasteiger partial charge in [0, 0.05) is 16.3 Å². The number of halogens is 2. The molecule has 0 unspecified atom stereocenters. The van der Waals surface area contributed by atoms with Crippen LogP contribution in [0, 0.1) is 24.1 Å². The fourth-order valence-electron chi connectivity index (χ4n) is 2.72. The first-order valence-corrected chi connectivity index (χ1v) is 9.50. The molecule has 150 valence electrons. The third-order valence-corrected chi connectivity index (χ3v) is 4.81. The van der Waals surface area contributed by atoms with Gasteiger partial charge in [-0.05, 0) is 54.5 Å². The molecule has 0 fully saturated rings. The molecule has 3 aromatic rings. The standard InChI is InChI=1S/C24H18ClFN2O2/c1-16-21(25)9-5-11-23(16)28-24(29)19(14-27)12-17-6-4-8-20(13-17)30-15-18-7-2-3-10-22(18)26/h2-13H,15H2,1H3,(H,28,29)/b19-12-. The molecule has 0 saturated carbocycles. The normalized spacial score (nSPS) is 10.9. The second-order valence-electron chi connectivity index (χ2n) is 6.49. The van der Waals surface area contributed by atoms with E-state index in [2.05, 4.69) is 5.32 Å². The van der Waals surface area contributed by atoms with E-state index >= 15 is 0 Å². The molecule has 6 heteroatoms. The molecule has 0 aliphatic carbocycles. The number of hydrogen-bond acceptors (Lipinski definition) is 3. The van der Waals surface area contributed by atoms with E-state index in [1.165, 1.54) is 12.1 Å². The molecule has 0 heterocycles. The lowest BCUT2D eigenvalue weighted by Gasteiger charge is -2.09. The van der Waals surface area contributed by atoms with Gasteiger partial charge in [-0.1, -0.05) is 48.0 Å². The molecule has 30 heavy (non-hydrogen) atoms. The van der Waals surface area contributed by atoms with E-state index in [9.17, 15) is 14.4 Å². The summed E-state index contributed by atoms with van der Waals surface area (Å²) in [4.78, 5) is 12.5. The van der Waals surface area contributed by atoms with Crippen molar-refractivity contribution in [1.29, 1.82) is 5.26 Å². The van der Waals surface area contributed by atoms with Gasteiger partial charge in [0.15, 0.2) is 0 Å². The zero-order valence-corrected chi connectivity index (χ0v) is 16.9. The molecule has 0 aliphatic rings. The lowest BCUT2D eigenvalue weighted by Crippen LogP contribution is -2.14. The van der Waals surface area contributed by atoms with Crippen LogP contribution in [-0.4, -0.2) is 5.91 Å². The van der Waals surface area contributed by atoms with Gasteiger partial charge in [-0.2, -0.15) is 5.26 Å². The number of benzene rings is 3. The Morgan fingerprint density at radius 1 is 1.17 bits per heavy atom. The molecule has 0 aliphatic heterocycles. The Balaban J connectivity index is 1.75. The molecule has 0 spiro atoms. The Hall–Kier alpha value is -3.62. The predicted octanol–water partition coefficient (Wildman–Crippen LogP) is 5.91. The first kappa shape index (κ1) is 21.1. The zero-order chi connectivity index (χ0) is 21.5. The highest BCUT2D eigenvalue weighted by Crippen LogP contribution is 2.24. The van der Waals surface area contributed by atoms with Crippen molar-refractivity contribution in [3.8, 4) is 11.8 Å². The number of carbonyl (C=O) groups is 1. The number of anilines is 1. The van der Waals surface area contributed by atoms with Crippen molar-refractivity contribution >= 4 is 29.3 Å². The summed E-state index contributed by atoms with van der Waals surface area (Å²) in [7, 11) is 0. The number of amides is 1. The maximum atomic E-state index is 13.7. The van der Waals surface area contributed by atoms with E-state index < -0.39 is 5.91 Å². The highest BCUT2D eigenvalue weighted by atomic mass is 35.5. The first-order chi connectivity index (χ1) is 14.5. The van der Waals surface area contributed by atoms with E-state index in [1.54, 1.807) is 67.6 Å². The summed E-state index contributed by atoms with van der Waals surface area (Å²) in [6.45, 7) is 1.85. The smallest absolute Gasteiger partial charge is 0.266 e. The summed E-state index contributed by atoms with van der Waals surface area (Å²) in [5.41, 5.74) is 2.23. The minimum Gasteiger partial charge on any atom is -0.489 e. The number of rotatable bonds is 6. The van der Waals surface area contributed by atoms with Crippen LogP contribution in [-0.2, 0) is 11.4 Å². The molecule has 0 aromatic heterocycles. The number of hydrogen-bond donors (Lipinski definition) is 1. The number of nitrogens with zero attached hydrogens (tertiary/aromatic N) is 1. The van der Waals surface area contributed by atoms with Crippen LogP contribution in [0.5, 0.6) is 5.75 Å². The van der Waals surface area contributed by atoms with Crippen LogP contribution >= 0.6 is 11.6 Å². The summed E-state index contributed by atoms with van der Waals surface area (Å²) >= 11 is 6.07. The van der Waals surface area contributed by atoms with Gasteiger partial charge in [0.2, 0.25) is 0 Å². The Morgan fingerprint density at radius 2 is 1.93 bits per heavy atom. The van der Waals surface area contributed by atoms with Gasteiger partial charge < -0.3 is 10.1 Å². The third-order valence-electron chi connectivity index (χ3n) is 4.40. The predicted molar refractivity (Wildman–Crippen MR) is 116 cm³/mol. The van der Waals surface area contributed by atoms with Crippen molar-refractivity contribution in [3.05, 3.63) is 99.8 Å². The molecule has 1 N–H and O–H groups in total. The quantitative estimate of drug-likeness (QED) is 0.398. The monoisotopic (exact) mass is 420 g/mol. The van der Waals surface area contributed by atoms with Gasteiger partial charge in [-0.25, -0.2) is 4.39 Å². The average molecular weight is 421 g/mol. The van der Waals surface area contributed by atoms with Crippen LogP contribution in [0.15, 0.2) is 72.3 Å². The Morgan fingerprint density at radius 3 is 2.70 bits per heavy atom. The molecule has 4 nitrogen and oxygen atoms in total. The summed E-state index contributed by atoms with van der Waals surface area (Å²) in [5, 5.41) is 12.7. The molecule has 1 amide bonds. The Bertz CT molecular complexity index is 1150. The van der Waals surface area contributed by atoms with Crippen LogP contribution in [0.25, 0.3) is 6.08 Å². The van der Waals surface area contributed by atoms with Crippen LogP contribution in [0.1, 0.15) is 16.7 Å². The van der Waals surface area contributed by atoms with E-state index in [1.807, 2.05) is 6.07 Å². The van der Waals surface area contributed by atoms with Crippen molar-refractivity contribution in [1.82, 2.24) is 0 Å². The maximum absolute atomic E-state index is 13.7. The van der Waals surface area contributed by atoms with Crippen molar-refractivity contribution in [2.24, 2.45) is 0 Å². The fraction of sp³-hybridized carbons (Fsp3) is 0.0833. The third kappa shape index (κ3) is 5.25. The van der Waals surface area contributed by atoms with Crippen LogP contribution in [0.3, 0.4) is 0 Å². The minimum atomic E-state index is -0.541. The molecule has 3 rings (SSSR count). The highest BCUT2D eigenvalue weighted by molar-refractivity contribution is 6.31. The van der Waals surface area contributed by atoms with Gasteiger partial charge in [-0.15, -0.1) is 0 Å². The SMILES string of the molecule is Cc1c(Cl)cccc1NC(=O)/C(C#N)=C\c1cccc(OCc2ccccc2F)c1. The van der Waals surface area contributed by atoms with E-state index in [0.717, 1.165) is 0 Å². The summed E-state index contributed by atoms with van der Waals surface area (Å²) < 4.78 is 19.4. The van der Waals surface area contributed by atoms with Crippen molar-refractivity contribution < 1.29 is 13.9 Å². The second kappa shape index (κ2) is 9.73. The summed E-state index contributed by atoms with van der Waals surface area (Å²) in [6, 6.07) is 20.3. The van der Waals surface area contributed by atoms with Gasteiger partial charge >= 0.3 is 0 Å². The average Bonchev–Trinajstić information content (AvgIpc) is 2.75. The number of ether oxygens (including phenoxy) is 1. The number of carbonyl (C=O) groups excluding carboxylic acids is 1. The zero-order valence-electron chi connectivity index (χ0n) is 16.2. The molecule has 0 saturated heterocycles. The van der Waals surface area contributed by atoms with Gasteiger partial charge in [0.1, 0.15) is 29.8 Å². The minimum absolute atomic E-state index is 0.0689. The topological polar surface area (TPSA) is 62.1 Å². The van der Waals surface area contributed by atoms with Crippen molar-refractivity contribution in [2.45, 2.75) is 13.5 Å². The summed E-state index contributed by atoms with van der Waals surface area (Å²) in [5.74, 6) is -0.385. The van der Waals surface area contributed by atoms with Gasteiger partial charge in [0.25, 0.3) is 5.91 Å². The van der Waals surface area contributed by atoms with Crippen LogP contribution in [0.4, 0.5) is 10.1 Å². The van der Waals surface area contributed by atoms with Crippen LogP contribution in [0.2, 0.25) is 5.02 Å². The molecular weight excluding hydrogens is 403 g/mol. The molecule has 0 radical (unpaired) electrons. The summed E-state index contributed by atoms with van der Waals surface area (Å²) in [6.07, 6.45) is 1.46. The lowest BCUT2D eigenvalue weighted by molar-refractivity contribution is -0.112. The fourth-order valence-corrected chi connectivity index (χ4v) is 2.89. The first-order valence-electron chi connectivity index (χ1n) is 9.12.